The molecule has 2 aromatic carbocycles. The summed E-state index contributed by atoms with van der Waals surface area (Å²) in [5.74, 6) is 1.28. The number of imidazole rings is 1. The molecule has 0 saturated carbocycles. The molecule has 5 nitrogen and oxygen atoms in total. The first-order valence-corrected chi connectivity index (χ1v) is 9.57. The molecule has 0 fully saturated rings. The first kappa shape index (κ1) is 18.2. The molecule has 2 heterocycles. The molecule has 0 bridgehead atoms. The molecule has 0 aliphatic heterocycles. The Balaban J connectivity index is 1.96. The summed E-state index contributed by atoms with van der Waals surface area (Å²) >= 11 is 0. The maximum absolute atomic E-state index is 5.62. The minimum absolute atomic E-state index is 0.100. The first-order chi connectivity index (χ1) is 13.4. The molecule has 142 valence electrons. The molecule has 4 aromatic rings. The molecule has 0 spiro atoms. The van der Waals surface area contributed by atoms with E-state index in [4.69, 9.17) is 10.7 Å². The van der Waals surface area contributed by atoms with Crippen LogP contribution < -0.4 is 5.73 Å². The summed E-state index contributed by atoms with van der Waals surface area (Å²) in [6.45, 7) is 8.83. The monoisotopic (exact) mass is 371 g/mol. The zero-order valence-electron chi connectivity index (χ0n) is 16.8. The van der Waals surface area contributed by atoms with Crippen molar-refractivity contribution in [3.05, 3.63) is 60.4 Å². The highest BCUT2D eigenvalue weighted by atomic mass is 15.1. The Morgan fingerprint density at radius 3 is 2.36 bits per heavy atom. The molecular weight excluding hydrogens is 346 g/mol. The van der Waals surface area contributed by atoms with Crippen molar-refractivity contribution in [2.24, 2.45) is 0 Å². The van der Waals surface area contributed by atoms with E-state index in [0.717, 1.165) is 34.4 Å². The lowest BCUT2D eigenvalue weighted by atomic mass is 10.0. The molecule has 0 aliphatic rings. The summed E-state index contributed by atoms with van der Waals surface area (Å²) in [6, 6.07) is 14.8. The Hall–Kier alpha value is -3.21. The highest BCUT2D eigenvalue weighted by Crippen LogP contribution is 2.34. The van der Waals surface area contributed by atoms with Gasteiger partial charge < -0.3 is 10.3 Å². The number of hydrogen-bond acceptors (Lipinski definition) is 4. The van der Waals surface area contributed by atoms with Crippen LogP contribution in [0.15, 0.2) is 54.9 Å². The maximum atomic E-state index is 5.62. The normalized spacial score (nSPS) is 11.9. The van der Waals surface area contributed by atoms with Crippen molar-refractivity contribution < 1.29 is 0 Å². The molecule has 5 heteroatoms. The zero-order chi connectivity index (χ0) is 19.9. The van der Waals surface area contributed by atoms with Gasteiger partial charge in [0.1, 0.15) is 5.82 Å². The Bertz CT molecular complexity index is 1130. The summed E-state index contributed by atoms with van der Waals surface area (Å²) in [6.07, 6.45) is 4.46. The summed E-state index contributed by atoms with van der Waals surface area (Å²) in [5, 5.41) is 0. The average molecular weight is 371 g/mol. The lowest BCUT2D eigenvalue weighted by molar-refractivity contribution is 0.413. The van der Waals surface area contributed by atoms with Crippen LogP contribution in [0.5, 0.6) is 0 Å². The maximum Gasteiger partial charge on any atom is 0.219 e. The van der Waals surface area contributed by atoms with E-state index in [9.17, 15) is 0 Å². The van der Waals surface area contributed by atoms with Crippen LogP contribution in [-0.2, 0) is 12.0 Å². The van der Waals surface area contributed by atoms with Crippen LogP contribution in [0.4, 0.5) is 5.95 Å². The van der Waals surface area contributed by atoms with Gasteiger partial charge in [-0.3, -0.25) is 0 Å². The van der Waals surface area contributed by atoms with Crippen LogP contribution in [0.25, 0.3) is 33.5 Å². The van der Waals surface area contributed by atoms with Crippen LogP contribution in [0.1, 0.15) is 33.3 Å². The highest BCUT2D eigenvalue weighted by molar-refractivity contribution is 5.86. The van der Waals surface area contributed by atoms with Gasteiger partial charge >= 0.3 is 0 Å². The topological polar surface area (TPSA) is 69.6 Å². The third-order valence-electron chi connectivity index (χ3n) is 4.97. The number of rotatable bonds is 3. The number of nitrogens with two attached hydrogens (primary N) is 1. The molecule has 0 amide bonds. The number of fused-ring (bicyclic) bond motifs is 1. The van der Waals surface area contributed by atoms with Gasteiger partial charge in [0, 0.05) is 29.1 Å². The van der Waals surface area contributed by atoms with Gasteiger partial charge in [-0.25, -0.2) is 15.0 Å². The molecule has 0 radical (unpaired) electrons. The second-order valence-corrected chi connectivity index (χ2v) is 7.99. The van der Waals surface area contributed by atoms with E-state index >= 15 is 0 Å². The minimum Gasteiger partial charge on any atom is -0.368 e. The molecule has 0 aliphatic carbocycles. The lowest BCUT2D eigenvalue weighted by Crippen LogP contribution is -2.22. The van der Waals surface area contributed by atoms with E-state index in [2.05, 4.69) is 84.7 Å². The number of nitrogens with zero attached hydrogens (tertiary/aromatic N) is 4. The molecule has 2 N–H and O–H groups in total. The van der Waals surface area contributed by atoms with Crippen LogP contribution >= 0.6 is 0 Å². The Labute approximate surface area is 165 Å². The van der Waals surface area contributed by atoms with Crippen molar-refractivity contribution >= 4 is 17.0 Å². The molecule has 0 atom stereocenters. The second-order valence-electron chi connectivity index (χ2n) is 7.99. The van der Waals surface area contributed by atoms with E-state index in [0.29, 0.717) is 0 Å². The predicted molar refractivity (Wildman–Crippen MR) is 115 cm³/mol. The van der Waals surface area contributed by atoms with Gasteiger partial charge in [-0.05, 0) is 50.5 Å². The van der Waals surface area contributed by atoms with Gasteiger partial charge in [0.2, 0.25) is 5.95 Å². The number of aromatic nitrogens is 4. The molecule has 4 rings (SSSR count). The van der Waals surface area contributed by atoms with E-state index < -0.39 is 0 Å². The van der Waals surface area contributed by atoms with Crippen LogP contribution in [0, 0.1) is 0 Å². The number of aryl methyl sites for hydroxylation is 1. The third kappa shape index (κ3) is 3.13. The summed E-state index contributed by atoms with van der Waals surface area (Å²) < 4.78 is 2.33. The van der Waals surface area contributed by atoms with Crippen molar-refractivity contribution in [3.63, 3.8) is 0 Å². The van der Waals surface area contributed by atoms with Gasteiger partial charge in [-0.2, -0.15) is 0 Å². The smallest absolute Gasteiger partial charge is 0.219 e. The second kappa shape index (κ2) is 6.75. The number of anilines is 1. The van der Waals surface area contributed by atoms with Gasteiger partial charge in [0.05, 0.1) is 11.0 Å². The lowest BCUT2D eigenvalue weighted by Gasteiger charge is -2.25. The van der Waals surface area contributed by atoms with Crippen LogP contribution in [0.3, 0.4) is 0 Å². The third-order valence-corrected chi connectivity index (χ3v) is 4.97. The van der Waals surface area contributed by atoms with E-state index in [1.807, 2.05) is 0 Å². The van der Waals surface area contributed by atoms with Crippen molar-refractivity contribution in [1.29, 1.82) is 0 Å². The van der Waals surface area contributed by atoms with Gasteiger partial charge in [0.15, 0.2) is 0 Å². The van der Waals surface area contributed by atoms with Crippen LogP contribution in [0.2, 0.25) is 0 Å². The Morgan fingerprint density at radius 2 is 1.68 bits per heavy atom. The number of nitrogen functional groups attached to an aromatic ring is 1. The van der Waals surface area contributed by atoms with E-state index in [1.165, 1.54) is 11.1 Å². The molecule has 0 unspecified atom stereocenters. The SMILES string of the molecule is CCc1ccccc1-c1nc2cc(-c3cnc(N)nc3)ccc2n1C(C)(C)C. The van der Waals surface area contributed by atoms with Crippen molar-refractivity contribution in [2.45, 2.75) is 39.7 Å². The Morgan fingerprint density at radius 1 is 0.964 bits per heavy atom. The number of hydrogen-bond donors (Lipinski definition) is 1. The van der Waals surface area contributed by atoms with Gasteiger partial charge in [-0.1, -0.05) is 37.3 Å². The van der Waals surface area contributed by atoms with Gasteiger partial charge in [-0.15, -0.1) is 0 Å². The summed E-state index contributed by atoms with van der Waals surface area (Å²) in [5.41, 5.74) is 12.0. The molecular formula is C23H25N5. The van der Waals surface area contributed by atoms with Crippen molar-refractivity contribution in [2.75, 3.05) is 5.73 Å². The Kier molecular flexibility index (Phi) is 4.38. The fourth-order valence-corrected chi connectivity index (χ4v) is 3.65. The predicted octanol–water partition coefficient (Wildman–Crippen LogP) is 5.06. The first-order valence-electron chi connectivity index (χ1n) is 9.57. The molecule has 28 heavy (non-hydrogen) atoms. The van der Waals surface area contributed by atoms with E-state index in [-0.39, 0.29) is 11.5 Å². The van der Waals surface area contributed by atoms with E-state index in [1.54, 1.807) is 12.4 Å². The summed E-state index contributed by atoms with van der Waals surface area (Å²) in [7, 11) is 0. The fraction of sp³-hybridized carbons (Fsp3) is 0.261. The minimum atomic E-state index is -0.100. The average Bonchev–Trinajstić information content (AvgIpc) is 3.07. The zero-order valence-corrected chi connectivity index (χ0v) is 16.8. The molecule has 0 saturated heterocycles. The fourth-order valence-electron chi connectivity index (χ4n) is 3.65. The number of benzene rings is 2. The highest BCUT2D eigenvalue weighted by Gasteiger charge is 2.23. The summed E-state index contributed by atoms with van der Waals surface area (Å²) in [4.78, 5) is 13.3. The van der Waals surface area contributed by atoms with Crippen LogP contribution in [-0.4, -0.2) is 19.5 Å². The standard InChI is InChI=1S/C23H25N5/c1-5-15-8-6-7-9-18(15)21-27-19-12-16(17-13-25-22(24)26-14-17)10-11-20(19)28(21)23(2,3)4/h6-14H,5H2,1-4H3,(H2,24,25,26). The van der Waals surface area contributed by atoms with Crippen molar-refractivity contribution in [1.82, 2.24) is 19.5 Å². The van der Waals surface area contributed by atoms with Crippen molar-refractivity contribution in [3.8, 4) is 22.5 Å². The largest absolute Gasteiger partial charge is 0.368 e. The quantitative estimate of drug-likeness (QED) is 0.546. The van der Waals surface area contributed by atoms with Gasteiger partial charge in [0.25, 0.3) is 0 Å². The molecule has 2 aromatic heterocycles.